The van der Waals surface area contributed by atoms with Crippen molar-refractivity contribution < 1.29 is 9.53 Å². The van der Waals surface area contributed by atoms with Crippen LogP contribution in [0.4, 0.5) is 0 Å². The van der Waals surface area contributed by atoms with E-state index in [9.17, 15) is 4.79 Å². The average molecular weight is 417 g/mol. The number of halogens is 2. The lowest BCUT2D eigenvalue weighted by molar-refractivity contribution is 0.0715. The average Bonchev–Trinajstić information content (AvgIpc) is 2.94. The van der Waals surface area contributed by atoms with Crippen molar-refractivity contribution in [2.45, 2.75) is 40.7 Å². The summed E-state index contributed by atoms with van der Waals surface area (Å²) in [6.07, 6.45) is 0. The Morgan fingerprint density at radius 3 is 2.36 bits per heavy atom. The normalized spacial score (nSPS) is 12.1. The van der Waals surface area contributed by atoms with Gasteiger partial charge in [0, 0.05) is 5.56 Å². The van der Waals surface area contributed by atoms with Crippen molar-refractivity contribution in [3.8, 4) is 5.88 Å². The molecule has 1 atom stereocenters. The Balaban J connectivity index is 1.96. The first-order valence-corrected chi connectivity index (χ1v) is 9.74. The molecule has 0 spiro atoms. The fourth-order valence-corrected chi connectivity index (χ4v) is 3.23. The van der Waals surface area contributed by atoms with Crippen molar-refractivity contribution in [2.24, 2.45) is 0 Å². The van der Waals surface area contributed by atoms with Crippen LogP contribution < -0.4 is 4.74 Å². The van der Waals surface area contributed by atoms with Crippen LogP contribution in [-0.2, 0) is 0 Å². The SMILES string of the molecule is Cc1ccc(C(C)n2nc(C)c(C)c2OC(=O)c2ccc(Cl)c(Cl)c2)cc1C. The minimum Gasteiger partial charge on any atom is -0.404 e. The van der Waals surface area contributed by atoms with Gasteiger partial charge in [-0.05, 0) is 69.5 Å². The van der Waals surface area contributed by atoms with Gasteiger partial charge in [0.1, 0.15) is 0 Å². The maximum absolute atomic E-state index is 12.7. The molecule has 0 aliphatic heterocycles. The molecule has 0 bridgehead atoms. The van der Waals surface area contributed by atoms with E-state index < -0.39 is 5.97 Å². The van der Waals surface area contributed by atoms with Crippen LogP contribution in [0.15, 0.2) is 36.4 Å². The first kappa shape index (κ1) is 20.4. The van der Waals surface area contributed by atoms with Crippen molar-refractivity contribution in [2.75, 3.05) is 0 Å². The van der Waals surface area contributed by atoms with Gasteiger partial charge < -0.3 is 4.74 Å². The number of benzene rings is 2. The Morgan fingerprint density at radius 1 is 1.00 bits per heavy atom. The predicted molar refractivity (Wildman–Crippen MR) is 113 cm³/mol. The van der Waals surface area contributed by atoms with Crippen molar-refractivity contribution in [3.63, 3.8) is 0 Å². The monoisotopic (exact) mass is 416 g/mol. The number of rotatable bonds is 4. The van der Waals surface area contributed by atoms with Crippen LogP contribution in [0.2, 0.25) is 10.0 Å². The Hall–Kier alpha value is -2.30. The molecule has 6 heteroatoms. The van der Waals surface area contributed by atoms with E-state index in [-0.39, 0.29) is 6.04 Å². The fourth-order valence-electron chi connectivity index (χ4n) is 2.93. The number of hydrogen-bond acceptors (Lipinski definition) is 3. The third kappa shape index (κ3) is 3.94. The van der Waals surface area contributed by atoms with E-state index in [0.29, 0.717) is 21.5 Å². The zero-order valence-electron chi connectivity index (χ0n) is 16.5. The summed E-state index contributed by atoms with van der Waals surface area (Å²) < 4.78 is 7.49. The highest BCUT2D eigenvalue weighted by Gasteiger charge is 2.22. The molecule has 146 valence electrons. The summed E-state index contributed by atoms with van der Waals surface area (Å²) in [6.45, 7) is 9.98. The van der Waals surface area contributed by atoms with Crippen LogP contribution in [0, 0.1) is 27.7 Å². The molecule has 1 heterocycles. The van der Waals surface area contributed by atoms with E-state index >= 15 is 0 Å². The molecule has 0 amide bonds. The molecule has 1 aromatic heterocycles. The second-order valence-corrected chi connectivity index (χ2v) is 7.81. The quantitative estimate of drug-likeness (QED) is 0.471. The summed E-state index contributed by atoms with van der Waals surface area (Å²) in [7, 11) is 0. The van der Waals surface area contributed by atoms with Crippen molar-refractivity contribution in [1.82, 2.24) is 9.78 Å². The van der Waals surface area contributed by atoms with E-state index in [4.69, 9.17) is 27.9 Å². The van der Waals surface area contributed by atoms with Crippen LogP contribution in [-0.4, -0.2) is 15.7 Å². The Kier molecular flexibility index (Phi) is 5.82. The van der Waals surface area contributed by atoms with Gasteiger partial charge in [-0.3, -0.25) is 0 Å². The smallest absolute Gasteiger partial charge is 0.344 e. The maximum atomic E-state index is 12.7. The molecule has 0 saturated heterocycles. The topological polar surface area (TPSA) is 44.1 Å². The van der Waals surface area contributed by atoms with Gasteiger partial charge in [-0.1, -0.05) is 41.4 Å². The number of ether oxygens (including phenoxy) is 1. The van der Waals surface area contributed by atoms with Crippen molar-refractivity contribution in [1.29, 1.82) is 0 Å². The largest absolute Gasteiger partial charge is 0.404 e. The molecule has 0 N–H and O–H groups in total. The lowest BCUT2D eigenvalue weighted by atomic mass is 10.0. The van der Waals surface area contributed by atoms with Gasteiger partial charge in [0.2, 0.25) is 5.88 Å². The molecule has 2 aromatic carbocycles. The van der Waals surface area contributed by atoms with Gasteiger partial charge in [-0.15, -0.1) is 0 Å². The lowest BCUT2D eigenvalue weighted by Gasteiger charge is -2.17. The Morgan fingerprint density at radius 2 is 1.71 bits per heavy atom. The molecule has 0 fully saturated rings. The van der Waals surface area contributed by atoms with E-state index in [1.807, 2.05) is 20.8 Å². The van der Waals surface area contributed by atoms with Gasteiger partial charge in [0.05, 0.1) is 27.3 Å². The molecule has 1 unspecified atom stereocenters. The van der Waals surface area contributed by atoms with Crippen LogP contribution in [0.25, 0.3) is 0 Å². The molecule has 0 saturated carbocycles. The highest BCUT2D eigenvalue weighted by Crippen LogP contribution is 2.30. The summed E-state index contributed by atoms with van der Waals surface area (Å²) in [5.41, 5.74) is 5.50. The number of aromatic nitrogens is 2. The van der Waals surface area contributed by atoms with Gasteiger partial charge in [0.15, 0.2) is 0 Å². The highest BCUT2D eigenvalue weighted by atomic mass is 35.5. The lowest BCUT2D eigenvalue weighted by Crippen LogP contribution is -2.16. The number of aryl methyl sites for hydroxylation is 3. The van der Waals surface area contributed by atoms with Crippen molar-refractivity contribution >= 4 is 29.2 Å². The molecule has 28 heavy (non-hydrogen) atoms. The summed E-state index contributed by atoms with van der Waals surface area (Å²) in [5.74, 6) is -0.0746. The van der Waals surface area contributed by atoms with Crippen LogP contribution in [0.1, 0.15) is 51.3 Å². The second-order valence-electron chi connectivity index (χ2n) is 7.00. The van der Waals surface area contributed by atoms with Crippen LogP contribution in [0.3, 0.4) is 0 Å². The number of esters is 1. The van der Waals surface area contributed by atoms with Gasteiger partial charge in [0.25, 0.3) is 0 Å². The van der Waals surface area contributed by atoms with Gasteiger partial charge >= 0.3 is 5.97 Å². The minimum atomic E-state index is -0.505. The first-order valence-electron chi connectivity index (χ1n) is 8.99. The van der Waals surface area contributed by atoms with E-state index in [1.54, 1.807) is 16.8 Å². The molecule has 4 nitrogen and oxygen atoms in total. The fraction of sp³-hybridized carbons (Fsp3) is 0.273. The number of carbonyl (C=O) groups excluding carboxylic acids is 1. The molecular weight excluding hydrogens is 395 g/mol. The molecule has 0 radical (unpaired) electrons. The standard InChI is InChI=1S/C22H22Cl2N2O2/c1-12-6-7-17(10-13(12)2)16(5)26-21(14(3)15(4)25-26)28-22(27)18-8-9-19(23)20(24)11-18/h6-11,16H,1-5H3. The second kappa shape index (κ2) is 7.98. The maximum Gasteiger partial charge on any atom is 0.344 e. The van der Waals surface area contributed by atoms with Crippen molar-refractivity contribution in [3.05, 3.63) is 80.0 Å². The predicted octanol–water partition coefficient (Wildman–Crippen LogP) is 6.25. The number of hydrogen-bond donors (Lipinski definition) is 0. The molecule has 3 aromatic rings. The number of nitrogens with zero attached hydrogens (tertiary/aromatic N) is 2. The number of carbonyl (C=O) groups is 1. The third-order valence-corrected chi connectivity index (χ3v) is 5.79. The molecule has 3 rings (SSSR count). The summed E-state index contributed by atoms with van der Waals surface area (Å²) in [6, 6.07) is 10.9. The molecule has 0 aliphatic rings. The zero-order chi connectivity index (χ0) is 20.6. The van der Waals surface area contributed by atoms with Crippen LogP contribution >= 0.6 is 23.2 Å². The third-order valence-electron chi connectivity index (χ3n) is 5.05. The summed E-state index contributed by atoms with van der Waals surface area (Å²) in [4.78, 5) is 12.7. The minimum absolute atomic E-state index is 0.0942. The molecule has 0 aliphatic carbocycles. The van der Waals surface area contributed by atoms with E-state index in [1.165, 1.54) is 17.2 Å². The van der Waals surface area contributed by atoms with E-state index in [0.717, 1.165) is 16.8 Å². The summed E-state index contributed by atoms with van der Waals surface area (Å²) >= 11 is 12.0. The van der Waals surface area contributed by atoms with Gasteiger partial charge in [-0.25, -0.2) is 9.48 Å². The van der Waals surface area contributed by atoms with Gasteiger partial charge in [-0.2, -0.15) is 5.10 Å². The zero-order valence-corrected chi connectivity index (χ0v) is 18.0. The van der Waals surface area contributed by atoms with Crippen LogP contribution in [0.5, 0.6) is 5.88 Å². The Bertz CT molecular complexity index is 1060. The highest BCUT2D eigenvalue weighted by molar-refractivity contribution is 6.42. The molecular formula is C22H22Cl2N2O2. The first-order chi connectivity index (χ1) is 13.2. The Labute approximate surface area is 175 Å². The summed E-state index contributed by atoms with van der Waals surface area (Å²) in [5, 5.41) is 5.30. The van der Waals surface area contributed by atoms with E-state index in [2.05, 4.69) is 37.1 Å².